The number of rotatable bonds is 8. The Morgan fingerprint density at radius 1 is 1.26 bits per heavy atom. The number of aliphatic carboxylic acids is 1. The van der Waals surface area contributed by atoms with Gasteiger partial charge >= 0.3 is 12.0 Å². The lowest BCUT2D eigenvalue weighted by Crippen LogP contribution is -2.30. The highest BCUT2D eigenvalue weighted by Gasteiger charge is 2.34. The van der Waals surface area contributed by atoms with E-state index in [4.69, 9.17) is 14.6 Å². The second-order valence-corrected chi connectivity index (χ2v) is 7.58. The summed E-state index contributed by atoms with van der Waals surface area (Å²) in [4.78, 5) is 36.7. The van der Waals surface area contributed by atoms with Crippen molar-refractivity contribution in [3.63, 3.8) is 0 Å². The number of halogens is 2. The van der Waals surface area contributed by atoms with E-state index in [0.717, 1.165) is 4.90 Å². The number of benzene rings is 2. The summed E-state index contributed by atoms with van der Waals surface area (Å²) in [6.45, 7) is 1.35. The van der Waals surface area contributed by atoms with Gasteiger partial charge in [-0.25, -0.2) is 14.0 Å². The zero-order valence-corrected chi connectivity index (χ0v) is 18.5. The number of urea groups is 1. The highest BCUT2D eigenvalue weighted by atomic mass is 127. The molecule has 0 atom stereocenters. The first-order chi connectivity index (χ1) is 14.8. The van der Waals surface area contributed by atoms with Gasteiger partial charge in [0.25, 0.3) is 5.91 Å². The van der Waals surface area contributed by atoms with Crippen molar-refractivity contribution in [3.05, 3.63) is 62.6 Å². The Morgan fingerprint density at radius 2 is 2.00 bits per heavy atom. The molecule has 10 heteroatoms. The Labute approximate surface area is 190 Å². The predicted octanol–water partition coefficient (Wildman–Crippen LogP) is 3.39. The van der Waals surface area contributed by atoms with Gasteiger partial charge in [0.05, 0.1) is 16.7 Å². The van der Waals surface area contributed by atoms with Crippen LogP contribution in [0.4, 0.5) is 9.18 Å². The zero-order chi connectivity index (χ0) is 22.5. The van der Waals surface area contributed by atoms with E-state index in [1.54, 1.807) is 25.1 Å². The number of imide groups is 1. The first kappa shape index (κ1) is 22.5. The molecule has 0 aliphatic carbocycles. The smallest absolute Gasteiger partial charge is 0.341 e. The number of nitrogens with zero attached hydrogens (tertiary/aromatic N) is 1. The van der Waals surface area contributed by atoms with Gasteiger partial charge in [0.2, 0.25) is 0 Å². The van der Waals surface area contributed by atoms with Gasteiger partial charge in [-0.1, -0.05) is 18.2 Å². The summed E-state index contributed by atoms with van der Waals surface area (Å²) in [6.07, 6.45) is 1.47. The topological polar surface area (TPSA) is 105 Å². The Kier molecular flexibility index (Phi) is 7.10. The van der Waals surface area contributed by atoms with Crippen molar-refractivity contribution in [2.75, 3.05) is 13.2 Å². The van der Waals surface area contributed by atoms with Gasteiger partial charge < -0.3 is 19.9 Å². The number of carboxylic acid groups (broad SMARTS) is 1. The van der Waals surface area contributed by atoms with Crippen molar-refractivity contribution in [2.24, 2.45) is 0 Å². The number of hydrogen-bond donors (Lipinski definition) is 2. The maximum absolute atomic E-state index is 13.9. The maximum Gasteiger partial charge on any atom is 0.341 e. The Hall–Kier alpha value is -3.15. The molecular formula is C21H18FIN2O6. The van der Waals surface area contributed by atoms with Crippen LogP contribution < -0.4 is 14.8 Å². The van der Waals surface area contributed by atoms with Crippen LogP contribution >= 0.6 is 22.6 Å². The minimum absolute atomic E-state index is 0.0267. The standard InChI is InChI=1S/C21H18FIN2O6/c1-2-30-17-9-12(7-15(23)19(17)31-11-18(26)27)8-16-20(28)25(21(29)24-16)10-13-5-3-4-6-14(13)22/h3-9H,2,10-11H2,1H3,(H,24,29)(H,26,27)/b16-8+. The summed E-state index contributed by atoms with van der Waals surface area (Å²) in [5, 5.41) is 11.3. The molecule has 162 valence electrons. The molecule has 0 unspecified atom stereocenters. The van der Waals surface area contributed by atoms with E-state index < -0.39 is 30.3 Å². The van der Waals surface area contributed by atoms with Crippen molar-refractivity contribution >= 4 is 46.6 Å². The summed E-state index contributed by atoms with van der Waals surface area (Å²) >= 11 is 1.97. The molecular weight excluding hydrogens is 522 g/mol. The first-order valence-corrected chi connectivity index (χ1v) is 10.3. The number of hydrogen-bond acceptors (Lipinski definition) is 5. The highest BCUT2D eigenvalue weighted by Crippen LogP contribution is 2.35. The van der Waals surface area contributed by atoms with Gasteiger partial charge in [0.1, 0.15) is 11.5 Å². The summed E-state index contributed by atoms with van der Waals surface area (Å²) < 4.78 is 25.3. The van der Waals surface area contributed by atoms with Gasteiger partial charge in [-0.15, -0.1) is 0 Å². The Balaban J connectivity index is 1.87. The number of carbonyl (C=O) groups is 3. The number of carboxylic acids is 1. The quantitative estimate of drug-likeness (QED) is 0.302. The minimum Gasteiger partial charge on any atom is -0.490 e. The molecule has 1 heterocycles. The van der Waals surface area contributed by atoms with Crippen LogP contribution in [0.25, 0.3) is 6.08 Å². The van der Waals surface area contributed by atoms with Crippen molar-refractivity contribution in [1.82, 2.24) is 10.2 Å². The molecule has 2 aromatic carbocycles. The fourth-order valence-electron chi connectivity index (χ4n) is 2.89. The molecule has 8 nitrogen and oxygen atoms in total. The fourth-order valence-corrected chi connectivity index (χ4v) is 3.67. The molecule has 3 amide bonds. The Morgan fingerprint density at radius 3 is 2.68 bits per heavy atom. The molecule has 3 rings (SSSR count). The maximum atomic E-state index is 13.9. The first-order valence-electron chi connectivity index (χ1n) is 9.19. The van der Waals surface area contributed by atoms with Gasteiger partial charge in [-0.2, -0.15) is 0 Å². The van der Waals surface area contributed by atoms with E-state index in [-0.39, 0.29) is 23.6 Å². The van der Waals surface area contributed by atoms with E-state index in [9.17, 15) is 18.8 Å². The van der Waals surface area contributed by atoms with Crippen LogP contribution in [0, 0.1) is 9.39 Å². The molecule has 1 saturated heterocycles. The van der Waals surface area contributed by atoms with Gasteiger partial charge in [-0.3, -0.25) is 9.69 Å². The second-order valence-electron chi connectivity index (χ2n) is 6.42. The Bertz CT molecular complexity index is 1070. The summed E-state index contributed by atoms with van der Waals surface area (Å²) in [5.74, 6) is -1.64. The lowest BCUT2D eigenvalue weighted by Gasteiger charge is -2.14. The van der Waals surface area contributed by atoms with E-state index in [2.05, 4.69) is 5.32 Å². The van der Waals surface area contributed by atoms with Crippen LogP contribution in [0.3, 0.4) is 0 Å². The molecule has 0 aromatic heterocycles. The minimum atomic E-state index is -1.13. The van der Waals surface area contributed by atoms with Crippen molar-refractivity contribution < 1.29 is 33.4 Å². The van der Waals surface area contributed by atoms with Crippen LogP contribution in [0.5, 0.6) is 11.5 Å². The van der Waals surface area contributed by atoms with E-state index >= 15 is 0 Å². The summed E-state index contributed by atoms with van der Waals surface area (Å²) in [5.41, 5.74) is 0.783. The van der Waals surface area contributed by atoms with Crippen molar-refractivity contribution in [2.45, 2.75) is 13.5 Å². The molecule has 2 aromatic rings. The lowest BCUT2D eigenvalue weighted by atomic mass is 10.1. The number of nitrogens with one attached hydrogen (secondary N) is 1. The molecule has 0 saturated carbocycles. The number of amides is 3. The van der Waals surface area contributed by atoms with E-state index in [0.29, 0.717) is 21.5 Å². The predicted molar refractivity (Wildman–Crippen MR) is 117 cm³/mol. The van der Waals surface area contributed by atoms with Crippen molar-refractivity contribution in [3.8, 4) is 11.5 Å². The highest BCUT2D eigenvalue weighted by molar-refractivity contribution is 14.1. The molecule has 2 N–H and O–H groups in total. The zero-order valence-electron chi connectivity index (χ0n) is 16.4. The van der Waals surface area contributed by atoms with E-state index in [1.165, 1.54) is 24.3 Å². The molecule has 1 fully saturated rings. The molecule has 31 heavy (non-hydrogen) atoms. The molecule has 0 spiro atoms. The van der Waals surface area contributed by atoms with E-state index in [1.807, 2.05) is 22.6 Å². The van der Waals surface area contributed by atoms with Gasteiger partial charge in [0.15, 0.2) is 18.1 Å². The third kappa shape index (κ3) is 5.32. The average molecular weight is 540 g/mol. The average Bonchev–Trinajstić information content (AvgIpc) is 2.96. The van der Waals surface area contributed by atoms with Crippen LogP contribution in [0.1, 0.15) is 18.1 Å². The monoisotopic (exact) mass is 540 g/mol. The van der Waals surface area contributed by atoms with Gasteiger partial charge in [-0.05, 0) is 59.4 Å². The third-order valence-electron chi connectivity index (χ3n) is 4.23. The normalized spacial score (nSPS) is 14.7. The number of ether oxygens (including phenoxy) is 2. The third-order valence-corrected chi connectivity index (χ3v) is 5.03. The van der Waals surface area contributed by atoms with Crippen molar-refractivity contribution in [1.29, 1.82) is 0 Å². The van der Waals surface area contributed by atoms with Gasteiger partial charge in [0, 0.05) is 5.56 Å². The SMILES string of the molecule is CCOc1cc(/C=C2/NC(=O)N(Cc3ccccc3F)C2=O)cc(I)c1OCC(=O)O. The van der Waals surface area contributed by atoms with Crippen LogP contribution in [0.15, 0.2) is 42.1 Å². The summed E-state index contributed by atoms with van der Waals surface area (Å²) in [7, 11) is 0. The molecule has 0 bridgehead atoms. The largest absolute Gasteiger partial charge is 0.490 e. The summed E-state index contributed by atoms with van der Waals surface area (Å²) in [6, 6.07) is 8.50. The van der Waals surface area contributed by atoms with Crippen LogP contribution in [-0.2, 0) is 16.1 Å². The van der Waals surface area contributed by atoms with Crippen LogP contribution in [0.2, 0.25) is 0 Å². The lowest BCUT2D eigenvalue weighted by molar-refractivity contribution is -0.139. The molecule has 1 aliphatic rings. The second kappa shape index (κ2) is 9.77. The molecule has 1 aliphatic heterocycles. The van der Waals surface area contributed by atoms with Crippen LogP contribution in [-0.4, -0.2) is 41.1 Å². The number of carbonyl (C=O) groups excluding carboxylic acids is 2. The fraction of sp³-hybridized carbons (Fsp3) is 0.190. The molecule has 0 radical (unpaired) electrons.